The van der Waals surface area contributed by atoms with E-state index in [1.807, 2.05) is 0 Å². The highest BCUT2D eigenvalue weighted by molar-refractivity contribution is 5.22. The molecule has 2 aliphatic rings. The van der Waals surface area contributed by atoms with E-state index in [9.17, 15) is 0 Å². The van der Waals surface area contributed by atoms with Crippen LogP contribution in [0.2, 0.25) is 0 Å². The zero-order valence-corrected chi connectivity index (χ0v) is 23.6. The van der Waals surface area contributed by atoms with Gasteiger partial charge in [0.05, 0.1) is 13.2 Å². The lowest BCUT2D eigenvalue weighted by Gasteiger charge is -2.29. The largest absolute Gasteiger partial charge is 0.373 e. The maximum Gasteiger partial charge on any atom is 0.0721 e. The van der Waals surface area contributed by atoms with Gasteiger partial charge in [-0.25, -0.2) is 0 Å². The second kappa shape index (κ2) is 18.0. The monoisotopic (exact) mass is 492 g/mol. The summed E-state index contributed by atoms with van der Waals surface area (Å²) >= 11 is 0. The maximum absolute atomic E-state index is 5.53. The Morgan fingerprint density at radius 2 is 1.28 bits per heavy atom. The van der Waals surface area contributed by atoms with Gasteiger partial charge in [0.15, 0.2) is 0 Å². The van der Waals surface area contributed by atoms with Gasteiger partial charge in [0.1, 0.15) is 0 Å². The van der Waals surface area contributed by atoms with Crippen LogP contribution >= 0.6 is 0 Å². The molecule has 0 N–H and O–H groups in total. The van der Waals surface area contributed by atoms with Gasteiger partial charge in [-0.15, -0.1) is 6.58 Å². The Labute approximate surface area is 224 Å². The minimum absolute atomic E-state index is 0.627. The van der Waals surface area contributed by atoms with Gasteiger partial charge in [0.2, 0.25) is 0 Å². The van der Waals surface area contributed by atoms with Gasteiger partial charge in [-0.1, -0.05) is 120 Å². The number of benzene rings is 1. The van der Waals surface area contributed by atoms with Gasteiger partial charge in [-0.05, 0) is 79.7 Å². The molecule has 0 heterocycles. The Morgan fingerprint density at radius 1 is 0.750 bits per heavy atom. The molecule has 0 atom stereocenters. The number of aryl methyl sites for hydroxylation is 1. The number of rotatable bonds is 17. The van der Waals surface area contributed by atoms with Crippen LogP contribution in [0.1, 0.15) is 127 Å². The molecule has 2 aliphatic carbocycles. The molecule has 1 nitrogen and oxygen atoms in total. The zero-order valence-electron chi connectivity index (χ0n) is 23.6. The van der Waals surface area contributed by atoms with Crippen LogP contribution in [0.5, 0.6) is 0 Å². The molecular weight excluding hydrogens is 436 g/mol. The molecule has 0 unspecified atom stereocenters. The van der Waals surface area contributed by atoms with E-state index >= 15 is 0 Å². The number of ether oxygens (including phenoxy) is 1. The number of allylic oxidation sites excluding steroid dienone is 2. The first-order valence-corrected chi connectivity index (χ1v) is 15.7. The molecule has 2 saturated carbocycles. The lowest BCUT2D eigenvalue weighted by atomic mass is 9.77. The fraction of sp³-hybridized carbons (Fsp3) is 0.714. The summed E-state index contributed by atoms with van der Waals surface area (Å²) in [5, 5.41) is 0. The van der Waals surface area contributed by atoms with Crippen molar-refractivity contribution in [2.45, 2.75) is 129 Å². The average molecular weight is 493 g/mol. The van der Waals surface area contributed by atoms with E-state index in [1.165, 1.54) is 127 Å². The first-order valence-electron chi connectivity index (χ1n) is 15.7. The van der Waals surface area contributed by atoms with Crippen LogP contribution in [0.3, 0.4) is 0 Å². The fourth-order valence-corrected chi connectivity index (χ4v) is 6.62. The Kier molecular flexibility index (Phi) is 14.6. The van der Waals surface area contributed by atoms with Crippen LogP contribution in [0.4, 0.5) is 0 Å². The molecule has 0 radical (unpaired) electrons. The van der Waals surface area contributed by atoms with E-state index in [1.54, 1.807) is 6.08 Å². The topological polar surface area (TPSA) is 9.23 Å². The lowest BCUT2D eigenvalue weighted by Crippen LogP contribution is -2.15. The lowest BCUT2D eigenvalue weighted by molar-refractivity contribution is 0.149. The zero-order chi connectivity index (χ0) is 25.3. The molecule has 1 heteroatoms. The van der Waals surface area contributed by atoms with Crippen molar-refractivity contribution in [2.75, 3.05) is 6.61 Å². The summed E-state index contributed by atoms with van der Waals surface area (Å²) in [5.41, 5.74) is 2.73. The second-order valence-electron chi connectivity index (χ2n) is 12.0. The first kappa shape index (κ1) is 29.2. The van der Waals surface area contributed by atoms with Crippen molar-refractivity contribution in [1.29, 1.82) is 0 Å². The van der Waals surface area contributed by atoms with Gasteiger partial charge in [-0.3, -0.25) is 0 Å². The third kappa shape index (κ3) is 11.8. The highest BCUT2D eigenvalue weighted by Gasteiger charge is 2.22. The fourth-order valence-electron chi connectivity index (χ4n) is 6.62. The first-order chi connectivity index (χ1) is 17.8. The summed E-state index contributed by atoms with van der Waals surface area (Å²) in [7, 11) is 0. The molecular formula is C35H56O. The summed E-state index contributed by atoms with van der Waals surface area (Å²) in [6.07, 6.45) is 32.6. The second-order valence-corrected chi connectivity index (χ2v) is 12.0. The molecule has 0 saturated heterocycles. The van der Waals surface area contributed by atoms with Gasteiger partial charge >= 0.3 is 0 Å². The minimum atomic E-state index is 0.627. The molecule has 0 spiro atoms. The van der Waals surface area contributed by atoms with Gasteiger partial charge < -0.3 is 4.74 Å². The summed E-state index contributed by atoms with van der Waals surface area (Å²) in [5.74, 6) is 3.97. The highest BCUT2D eigenvalue weighted by atomic mass is 16.5. The third-order valence-corrected chi connectivity index (χ3v) is 9.05. The Bertz CT molecular complexity index is 701. The van der Waals surface area contributed by atoms with Crippen molar-refractivity contribution in [3.63, 3.8) is 0 Å². The van der Waals surface area contributed by atoms with Gasteiger partial charge in [-0.2, -0.15) is 0 Å². The Morgan fingerprint density at radius 3 is 1.83 bits per heavy atom. The molecule has 1 aromatic rings. The van der Waals surface area contributed by atoms with Crippen molar-refractivity contribution >= 4 is 0 Å². The number of hydrogen-bond acceptors (Lipinski definition) is 1. The van der Waals surface area contributed by atoms with Crippen molar-refractivity contribution in [3.05, 3.63) is 60.2 Å². The number of unbranched alkanes of at least 4 members (excludes halogenated alkanes) is 3. The molecule has 0 aliphatic heterocycles. The molecule has 2 fully saturated rings. The molecule has 0 aromatic heterocycles. The smallest absolute Gasteiger partial charge is 0.0721 e. The molecule has 0 amide bonds. The summed E-state index contributed by atoms with van der Waals surface area (Å²) < 4.78 is 5.53. The van der Waals surface area contributed by atoms with E-state index in [4.69, 9.17) is 4.74 Å². The molecule has 3 rings (SSSR count). The SMILES string of the molecule is C=CCOCc1ccc(CCCC[C@H]2CC[C@H](CCCC[C@H]3CC[C@H](C=CCCC)CC3)CC2)cc1. The van der Waals surface area contributed by atoms with Gasteiger partial charge in [0, 0.05) is 0 Å². The normalized spacial score (nSPS) is 24.8. The summed E-state index contributed by atoms with van der Waals surface area (Å²) in [6, 6.07) is 9.01. The number of hydrogen-bond donors (Lipinski definition) is 0. The molecule has 36 heavy (non-hydrogen) atoms. The standard InChI is InChI=1S/C35H56O/c1-3-5-6-11-30-16-18-31(19-17-30)12-7-8-13-32-20-22-33(23-21-32)14-9-10-15-34-24-26-35(27-25-34)29-36-28-4-2/h4,6,11,24-27,30-33H,2-3,5,7-10,12-23,28-29H2,1H3/t30-,31-,32-,33-. The van der Waals surface area contributed by atoms with E-state index in [2.05, 4.69) is 49.9 Å². The predicted octanol–water partition coefficient (Wildman–Crippen LogP) is 10.6. The van der Waals surface area contributed by atoms with E-state index in [0.29, 0.717) is 13.2 Å². The third-order valence-electron chi connectivity index (χ3n) is 9.05. The van der Waals surface area contributed by atoms with Gasteiger partial charge in [0.25, 0.3) is 0 Å². The predicted molar refractivity (Wildman–Crippen MR) is 157 cm³/mol. The van der Waals surface area contributed by atoms with Crippen LogP contribution in [0, 0.1) is 23.7 Å². The maximum atomic E-state index is 5.53. The minimum Gasteiger partial charge on any atom is -0.373 e. The van der Waals surface area contributed by atoms with Crippen LogP contribution in [0.15, 0.2) is 49.1 Å². The van der Waals surface area contributed by atoms with E-state index < -0.39 is 0 Å². The van der Waals surface area contributed by atoms with Crippen molar-refractivity contribution < 1.29 is 4.74 Å². The molecule has 0 bridgehead atoms. The highest BCUT2D eigenvalue weighted by Crippen LogP contribution is 2.36. The Hall–Kier alpha value is -1.34. The van der Waals surface area contributed by atoms with Crippen molar-refractivity contribution in [1.82, 2.24) is 0 Å². The molecule has 1 aromatic carbocycles. The van der Waals surface area contributed by atoms with Crippen LogP contribution in [-0.2, 0) is 17.8 Å². The Balaban J connectivity index is 1.16. The summed E-state index contributed by atoms with van der Waals surface area (Å²) in [4.78, 5) is 0. The van der Waals surface area contributed by atoms with Crippen LogP contribution < -0.4 is 0 Å². The van der Waals surface area contributed by atoms with Crippen LogP contribution in [-0.4, -0.2) is 6.61 Å². The average Bonchev–Trinajstić information content (AvgIpc) is 2.92. The van der Waals surface area contributed by atoms with Crippen molar-refractivity contribution in [3.8, 4) is 0 Å². The molecule has 202 valence electrons. The van der Waals surface area contributed by atoms with E-state index in [-0.39, 0.29) is 0 Å². The van der Waals surface area contributed by atoms with Crippen molar-refractivity contribution in [2.24, 2.45) is 23.7 Å². The summed E-state index contributed by atoms with van der Waals surface area (Å²) in [6.45, 7) is 7.29. The van der Waals surface area contributed by atoms with Crippen LogP contribution in [0.25, 0.3) is 0 Å². The van der Waals surface area contributed by atoms with E-state index in [0.717, 1.165) is 23.7 Å². The quantitative estimate of drug-likeness (QED) is 0.155.